The van der Waals surface area contributed by atoms with Gasteiger partial charge in [-0.1, -0.05) is 67.1 Å². The van der Waals surface area contributed by atoms with E-state index in [1.54, 1.807) is 43.3 Å². The van der Waals surface area contributed by atoms with Gasteiger partial charge in [0.2, 0.25) is 11.7 Å². The molecular formula is C28H24ClNO4S2. The van der Waals surface area contributed by atoms with Gasteiger partial charge in [-0.05, 0) is 53.9 Å². The highest BCUT2D eigenvalue weighted by molar-refractivity contribution is 7.91. The Morgan fingerprint density at radius 2 is 1.67 bits per heavy atom. The summed E-state index contributed by atoms with van der Waals surface area (Å²) in [7, 11) is -3.30. The molecule has 1 amide bonds. The van der Waals surface area contributed by atoms with Gasteiger partial charge in [-0.2, -0.15) is 0 Å². The molecule has 5 nitrogen and oxygen atoms in total. The fraction of sp³-hybridized carbons (Fsp3) is 0.143. The molecule has 8 heteroatoms. The van der Waals surface area contributed by atoms with Gasteiger partial charge in [0.25, 0.3) is 0 Å². The zero-order valence-electron chi connectivity index (χ0n) is 19.7. The zero-order chi connectivity index (χ0) is 25.9. The number of benzene rings is 3. The molecular weight excluding hydrogens is 514 g/mol. The van der Waals surface area contributed by atoms with Gasteiger partial charge in [0, 0.05) is 16.1 Å². The maximum absolute atomic E-state index is 13.5. The summed E-state index contributed by atoms with van der Waals surface area (Å²) in [5.74, 6) is -0.375. The third-order valence-corrected chi connectivity index (χ3v) is 8.79. The summed E-state index contributed by atoms with van der Waals surface area (Å²) >= 11 is 7.43. The van der Waals surface area contributed by atoms with Crippen LogP contribution in [0.3, 0.4) is 0 Å². The summed E-state index contributed by atoms with van der Waals surface area (Å²) in [6.07, 6.45) is 0.0674. The minimum absolute atomic E-state index is 0.0176. The van der Waals surface area contributed by atoms with Crippen LogP contribution in [-0.2, 0) is 21.1 Å². The summed E-state index contributed by atoms with van der Waals surface area (Å²) in [5.41, 5.74) is 3.63. The highest BCUT2D eigenvalue weighted by Crippen LogP contribution is 2.37. The van der Waals surface area contributed by atoms with Crippen molar-refractivity contribution in [1.82, 2.24) is 0 Å². The number of carbonyl (C=O) groups excluding carboxylic acids is 2. The monoisotopic (exact) mass is 537 g/mol. The molecule has 0 spiro atoms. The Bertz CT molecular complexity index is 1540. The molecule has 1 N–H and O–H groups in total. The molecule has 4 rings (SSSR count). The molecule has 0 bridgehead atoms. The van der Waals surface area contributed by atoms with Crippen molar-refractivity contribution >= 4 is 49.5 Å². The lowest BCUT2D eigenvalue weighted by molar-refractivity contribution is -0.115. The lowest BCUT2D eigenvalue weighted by Gasteiger charge is -2.06. The normalized spacial score (nSPS) is 11.3. The number of nitrogens with one attached hydrogen (secondary N) is 1. The number of anilines is 1. The lowest BCUT2D eigenvalue weighted by Crippen LogP contribution is -2.13. The molecule has 0 fully saturated rings. The van der Waals surface area contributed by atoms with Crippen molar-refractivity contribution in [3.63, 3.8) is 0 Å². The highest BCUT2D eigenvalue weighted by Gasteiger charge is 2.21. The Balaban J connectivity index is 1.61. The van der Waals surface area contributed by atoms with Crippen molar-refractivity contribution in [2.24, 2.45) is 0 Å². The van der Waals surface area contributed by atoms with Crippen LogP contribution >= 0.6 is 22.9 Å². The average Bonchev–Trinajstić information content (AvgIpc) is 3.28. The van der Waals surface area contributed by atoms with Crippen molar-refractivity contribution in [1.29, 1.82) is 0 Å². The molecule has 3 aromatic carbocycles. The number of carbonyl (C=O) groups is 2. The molecule has 0 aliphatic carbocycles. The number of thiophene rings is 1. The average molecular weight is 538 g/mol. The number of amides is 1. The molecule has 0 unspecified atom stereocenters. The molecule has 0 saturated heterocycles. The summed E-state index contributed by atoms with van der Waals surface area (Å²) in [6, 6.07) is 22.7. The number of hydrogen-bond acceptors (Lipinski definition) is 5. The van der Waals surface area contributed by atoms with Crippen LogP contribution in [0.2, 0.25) is 5.02 Å². The van der Waals surface area contributed by atoms with Crippen LogP contribution in [0.25, 0.3) is 11.1 Å². The first-order valence-electron chi connectivity index (χ1n) is 11.3. The smallest absolute Gasteiger partial charge is 0.229 e. The molecule has 0 saturated carbocycles. The van der Waals surface area contributed by atoms with Gasteiger partial charge < -0.3 is 5.32 Å². The third kappa shape index (κ3) is 5.75. The van der Waals surface area contributed by atoms with E-state index in [1.165, 1.54) is 23.5 Å². The molecule has 0 aliphatic rings. The van der Waals surface area contributed by atoms with E-state index < -0.39 is 9.84 Å². The van der Waals surface area contributed by atoms with Crippen LogP contribution in [0.4, 0.5) is 5.00 Å². The van der Waals surface area contributed by atoms with Crippen LogP contribution in [0.5, 0.6) is 0 Å². The second-order valence-corrected chi connectivity index (χ2v) is 12.0. The Hall–Kier alpha value is -3.26. The van der Waals surface area contributed by atoms with Gasteiger partial charge in [0.1, 0.15) is 0 Å². The summed E-state index contributed by atoms with van der Waals surface area (Å²) < 4.78 is 24.0. The topological polar surface area (TPSA) is 80.3 Å². The predicted octanol–water partition coefficient (Wildman–Crippen LogP) is 6.58. The van der Waals surface area contributed by atoms with Crippen LogP contribution in [-0.4, -0.2) is 25.9 Å². The van der Waals surface area contributed by atoms with E-state index in [0.29, 0.717) is 31.6 Å². The SMILES string of the molecule is CCS(=O)(=O)c1ccc(CC(=O)Nc2cc(-c3cccc(Cl)c3)c(C(=O)c3ccccc3C)s2)cc1. The van der Waals surface area contributed by atoms with Gasteiger partial charge in [-0.3, -0.25) is 9.59 Å². The van der Waals surface area contributed by atoms with Crippen LogP contribution in [0, 0.1) is 6.92 Å². The van der Waals surface area contributed by atoms with E-state index in [9.17, 15) is 18.0 Å². The highest BCUT2D eigenvalue weighted by atomic mass is 35.5. The Kier molecular flexibility index (Phi) is 7.73. The van der Waals surface area contributed by atoms with E-state index in [2.05, 4.69) is 5.32 Å². The second kappa shape index (κ2) is 10.8. The van der Waals surface area contributed by atoms with Gasteiger partial charge in [0.05, 0.1) is 26.9 Å². The number of hydrogen-bond donors (Lipinski definition) is 1. The Morgan fingerprint density at radius 3 is 2.33 bits per heavy atom. The van der Waals surface area contributed by atoms with E-state index in [0.717, 1.165) is 11.1 Å². The van der Waals surface area contributed by atoms with Crippen molar-refractivity contribution in [2.45, 2.75) is 25.2 Å². The fourth-order valence-electron chi connectivity index (χ4n) is 3.79. The Labute approximate surface area is 219 Å². The van der Waals surface area contributed by atoms with Gasteiger partial charge in [-0.25, -0.2) is 8.42 Å². The van der Waals surface area contributed by atoms with Crippen LogP contribution < -0.4 is 5.32 Å². The second-order valence-electron chi connectivity index (χ2n) is 8.28. The molecule has 4 aromatic rings. The Morgan fingerprint density at radius 1 is 0.944 bits per heavy atom. The van der Waals surface area contributed by atoms with Gasteiger partial charge in [-0.15, -0.1) is 11.3 Å². The summed E-state index contributed by atoms with van der Waals surface area (Å²) in [4.78, 5) is 27.0. The fourth-order valence-corrected chi connectivity index (χ4v) is 5.92. The number of sulfone groups is 1. The zero-order valence-corrected chi connectivity index (χ0v) is 22.1. The molecule has 0 aliphatic heterocycles. The van der Waals surface area contributed by atoms with Crippen molar-refractivity contribution < 1.29 is 18.0 Å². The minimum Gasteiger partial charge on any atom is -0.317 e. The first kappa shape index (κ1) is 25.8. The molecule has 0 radical (unpaired) electrons. The summed E-state index contributed by atoms with van der Waals surface area (Å²) in [6.45, 7) is 3.48. The van der Waals surface area contributed by atoms with Gasteiger partial charge >= 0.3 is 0 Å². The van der Waals surface area contributed by atoms with E-state index in [1.807, 2.05) is 37.3 Å². The first-order valence-corrected chi connectivity index (χ1v) is 14.1. The van der Waals surface area contributed by atoms with E-state index in [-0.39, 0.29) is 28.8 Å². The largest absolute Gasteiger partial charge is 0.317 e. The quantitative estimate of drug-likeness (QED) is 0.257. The standard InChI is InChI=1S/C28H24ClNO4S2/c1-3-36(33,34)22-13-11-19(12-14-22)15-25(31)30-26-17-24(20-8-6-9-21(29)16-20)28(35-26)27(32)23-10-5-4-7-18(23)2/h4-14,16-17H,3,15H2,1-2H3,(H,30,31). The molecule has 1 heterocycles. The molecule has 184 valence electrons. The number of ketones is 1. The number of halogens is 1. The maximum atomic E-state index is 13.5. The molecule has 1 aromatic heterocycles. The number of aryl methyl sites for hydroxylation is 1. The third-order valence-electron chi connectivity index (χ3n) is 5.75. The summed E-state index contributed by atoms with van der Waals surface area (Å²) in [5, 5.41) is 3.98. The lowest BCUT2D eigenvalue weighted by atomic mass is 9.99. The number of rotatable bonds is 8. The van der Waals surface area contributed by atoms with Crippen LogP contribution in [0.1, 0.15) is 33.3 Å². The van der Waals surface area contributed by atoms with Gasteiger partial charge in [0.15, 0.2) is 9.84 Å². The molecule has 36 heavy (non-hydrogen) atoms. The van der Waals surface area contributed by atoms with Crippen molar-refractivity contribution in [3.05, 3.63) is 105 Å². The predicted molar refractivity (Wildman–Crippen MR) is 146 cm³/mol. The minimum atomic E-state index is -3.30. The van der Waals surface area contributed by atoms with Crippen molar-refractivity contribution in [3.8, 4) is 11.1 Å². The van der Waals surface area contributed by atoms with Crippen LogP contribution in [0.15, 0.2) is 83.8 Å². The first-order chi connectivity index (χ1) is 17.2. The van der Waals surface area contributed by atoms with Crippen molar-refractivity contribution in [2.75, 3.05) is 11.1 Å². The maximum Gasteiger partial charge on any atom is 0.229 e. The van der Waals surface area contributed by atoms with E-state index >= 15 is 0 Å². The molecule has 0 atom stereocenters. The van der Waals surface area contributed by atoms with E-state index in [4.69, 9.17) is 11.6 Å².